The van der Waals surface area contributed by atoms with Gasteiger partial charge in [0.2, 0.25) is 0 Å². The van der Waals surface area contributed by atoms with Crippen molar-refractivity contribution in [3.05, 3.63) is 47.0 Å². The average Bonchev–Trinajstić information content (AvgIpc) is 2.94. The Morgan fingerprint density at radius 1 is 1.29 bits per heavy atom. The number of urea groups is 1. The summed E-state index contributed by atoms with van der Waals surface area (Å²) in [5.74, 6) is -0.412. The van der Waals surface area contributed by atoms with Crippen LogP contribution in [0, 0.1) is 5.92 Å². The van der Waals surface area contributed by atoms with Crippen LogP contribution in [0.3, 0.4) is 0 Å². The third-order valence-corrected chi connectivity index (χ3v) is 3.92. The maximum absolute atomic E-state index is 12.3. The molecular weight excluding hydrogens is 376 g/mol. The van der Waals surface area contributed by atoms with E-state index < -0.39 is 12.0 Å². The highest BCUT2D eigenvalue weighted by molar-refractivity contribution is 9.10. The van der Waals surface area contributed by atoms with Crippen molar-refractivity contribution < 1.29 is 14.7 Å². The maximum Gasteiger partial charge on any atom is 0.323 e. The fourth-order valence-electron chi connectivity index (χ4n) is 2.25. The minimum absolute atomic E-state index is 0.0376. The molecule has 0 saturated heterocycles. The number of nitrogens with one attached hydrogen (secondary N) is 2. The summed E-state index contributed by atoms with van der Waals surface area (Å²) >= 11 is 3.34. The zero-order valence-corrected chi connectivity index (χ0v) is 14.9. The lowest BCUT2D eigenvalue weighted by Crippen LogP contribution is -2.37. The monoisotopic (exact) mass is 394 g/mol. The summed E-state index contributed by atoms with van der Waals surface area (Å²) in [7, 11) is 0. The van der Waals surface area contributed by atoms with Gasteiger partial charge in [0.1, 0.15) is 12.4 Å². The molecule has 2 amide bonds. The van der Waals surface area contributed by atoms with Gasteiger partial charge < -0.3 is 20.3 Å². The number of nitrogens with zero attached hydrogens (tertiary/aromatic N) is 2. The molecule has 0 fully saturated rings. The maximum atomic E-state index is 12.3. The number of carbonyl (C=O) groups excluding carboxylic acids is 1. The predicted molar refractivity (Wildman–Crippen MR) is 93.7 cm³/mol. The number of benzene rings is 1. The van der Waals surface area contributed by atoms with Crippen molar-refractivity contribution in [2.24, 2.45) is 5.92 Å². The molecular formula is C16H19BrN4O3. The highest BCUT2D eigenvalue weighted by Gasteiger charge is 2.23. The second-order valence-electron chi connectivity index (χ2n) is 5.63. The van der Waals surface area contributed by atoms with E-state index in [0.29, 0.717) is 11.5 Å². The van der Waals surface area contributed by atoms with Crippen LogP contribution in [-0.2, 0) is 11.3 Å². The smallest absolute Gasteiger partial charge is 0.323 e. The van der Waals surface area contributed by atoms with Crippen molar-refractivity contribution in [2.45, 2.75) is 26.4 Å². The number of amides is 2. The normalized spacial score (nSPS) is 12.0. The summed E-state index contributed by atoms with van der Waals surface area (Å²) in [6.07, 6.45) is 3.12. The van der Waals surface area contributed by atoms with Crippen LogP contribution in [0.5, 0.6) is 0 Å². The number of carbonyl (C=O) groups is 2. The molecule has 0 spiro atoms. The summed E-state index contributed by atoms with van der Waals surface area (Å²) < 4.78 is 2.44. The van der Waals surface area contributed by atoms with Crippen LogP contribution in [0.15, 0.2) is 41.1 Å². The Morgan fingerprint density at radius 3 is 2.54 bits per heavy atom. The highest BCUT2D eigenvalue weighted by Crippen LogP contribution is 2.21. The molecule has 8 heteroatoms. The first-order valence-electron chi connectivity index (χ1n) is 7.42. The number of aromatic nitrogens is 2. The summed E-state index contributed by atoms with van der Waals surface area (Å²) in [5, 5.41) is 14.6. The van der Waals surface area contributed by atoms with E-state index in [2.05, 4.69) is 31.5 Å². The molecule has 0 saturated carbocycles. The Morgan fingerprint density at radius 2 is 1.96 bits per heavy atom. The molecule has 1 heterocycles. The van der Waals surface area contributed by atoms with Crippen molar-refractivity contribution in [2.75, 3.05) is 5.32 Å². The Kier molecular flexibility index (Phi) is 5.97. The lowest BCUT2D eigenvalue weighted by molar-refractivity contribution is -0.137. The molecule has 1 aromatic carbocycles. The summed E-state index contributed by atoms with van der Waals surface area (Å²) in [4.78, 5) is 27.4. The Hall–Kier alpha value is -2.35. The second kappa shape index (κ2) is 7.96. The van der Waals surface area contributed by atoms with Crippen molar-refractivity contribution >= 4 is 33.6 Å². The van der Waals surface area contributed by atoms with Gasteiger partial charge in [0.25, 0.3) is 0 Å². The minimum Gasteiger partial charge on any atom is -0.480 e. The second-order valence-corrected chi connectivity index (χ2v) is 6.55. The molecule has 0 aliphatic heterocycles. The third-order valence-electron chi connectivity index (χ3n) is 3.39. The van der Waals surface area contributed by atoms with Crippen LogP contribution < -0.4 is 10.6 Å². The molecule has 1 aromatic heterocycles. The average molecular weight is 395 g/mol. The van der Waals surface area contributed by atoms with E-state index in [9.17, 15) is 9.59 Å². The first-order valence-corrected chi connectivity index (χ1v) is 8.22. The Bertz CT molecular complexity index is 712. The molecule has 0 radical (unpaired) electrons. The van der Waals surface area contributed by atoms with Gasteiger partial charge in [0.05, 0.1) is 6.04 Å². The molecule has 7 nitrogen and oxygen atoms in total. The largest absolute Gasteiger partial charge is 0.480 e. The van der Waals surface area contributed by atoms with Gasteiger partial charge in [-0.05, 0) is 30.2 Å². The predicted octanol–water partition coefficient (Wildman–Crippen LogP) is 3.25. The van der Waals surface area contributed by atoms with Crippen molar-refractivity contribution in [1.29, 1.82) is 0 Å². The zero-order chi connectivity index (χ0) is 17.7. The van der Waals surface area contributed by atoms with Crippen LogP contribution >= 0.6 is 15.9 Å². The molecule has 1 atom stereocenters. The van der Waals surface area contributed by atoms with Gasteiger partial charge in [-0.1, -0.05) is 29.8 Å². The third kappa shape index (κ3) is 4.82. The van der Waals surface area contributed by atoms with E-state index in [1.165, 1.54) is 10.8 Å². The lowest BCUT2D eigenvalue weighted by Gasteiger charge is -2.23. The fourth-order valence-corrected chi connectivity index (χ4v) is 2.51. The fraction of sp³-hybridized carbons (Fsp3) is 0.312. The number of aliphatic carboxylic acids is 1. The van der Waals surface area contributed by atoms with Crippen molar-refractivity contribution in [3.8, 4) is 0 Å². The first kappa shape index (κ1) is 18.0. The van der Waals surface area contributed by atoms with E-state index in [-0.39, 0.29) is 18.5 Å². The zero-order valence-electron chi connectivity index (χ0n) is 13.4. The Balaban J connectivity index is 2.11. The highest BCUT2D eigenvalue weighted by atomic mass is 79.9. The van der Waals surface area contributed by atoms with Gasteiger partial charge in [0, 0.05) is 22.6 Å². The van der Waals surface area contributed by atoms with Gasteiger partial charge >= 0.3 is 12.0 Å². The number of halogens is 1. The summed E-state index contributed by atoms with van der Waals surface area (Å²) in [6.45, 7) is 3.67. The molecule has 0 aliphatic rings. The molecule has 24 heavy (non-hydrogen) atoms. The van der Waals surface area contributed by atoms with Crippen LogP contribution in [-0.4, -0.2) is 26.7 Å². The standard InChI is InChI=1S/C16H19BrN4O3/c1-10(2)14(15-18-7-8-21(15)9-13(22)23)20-16(24)19-12-5-3-11(17)4-6-12/h3-8,10,14H,9H2,1-2H3,(H,22,23)(H2,19,20,24)/t14-/m0/s1. The SMILES string of the molecule is CC(C)[C@H](NC(=O)Nc1ccc(Br)cc1)c1nccn1CC(=O)O. The molecule has 0 unspecified atom stereocenters. The summed E-state index contributed by atoms with van der Waals surface area (Å²) in [5.41, 5.74) is 0.659. The molecule has 128 valence electrons. The molecule has 2 rings (SSSR count). The summed E-state index contributed by atoms with van der Waals surface area (Å²) in [6, 6.07) is 6.43. The number of hydrogen-bond acceptors (Lipinski definition) is 3. The van der Waals surface area contributed by atoms with Crippen LogP contribution in [0.4, 0.5) is 10.5 Å². The van der Waals surface area contributed by atoms with E-state index in [0.717, 1.165) is 4.47 Å². The van der Waals surface area contributed by atoms with Crippen LogP contribution in [0.2, 0.25) is 0 Å². The lowest BCUT2D eigenvalue weighted by atomic mass is 10.0. The van der Waals surface area contributed by atoms with E-state index in [4.69, 9.17) is 5.11 Å². The van der Waals surface area contributed by atoms with Gasteiger partial charge in [-0.2, -0.15) is 0 Å². The molecule has 0 aliphatic carbocycles. The quantitative estimate of drug-likeness (QED) is 0.700. The first-order chi connectivity index (χ1) is 11.4. The molecule has 3 N–H and O–H groups in total. The topological polar surface area (TPSA) is 96.3 Å². The number of anilines is 1. The number of imidazole rings is 1. The van der Waals surface area contributed by atoms with Crippen LogP contribution in [0.25, 0.3) is 0 Å². The van der Waals surface area contributed by atoms with E-state index >= 15 is 0 Å². The number of hydrogen-bond donors (Lipinski definition) is 3. The van der Waals surface area contributed by atoms with Crippen LogP contribution in [0.1, 0.15) is 25.7 Å². The van der Waals surface area contributed by atoms with E-state index in [1.807, 2.05) is 26.0 Å². The van der Waals surface area contributed by atoms with Gasteiger partial charge in [-0.3, -0.25) is 4.79 Å². The van der Waals surface area contributed by atoms with Crippen molar-refractivity contribution in [1.82, 2.24) is 14.9 Å². The molecule has 0 bridgehead atoms. The minimum atomic E-state index is -0.962. The Labute approximate surface area is 148 Å². The number of carboxylic acids is 1. The van der Waals surface area contributed by atoms with Crippen molar-refractivity contribution in [3.63, 3.8) is 0 Å². The van der Waals surface area contributed by atoms with Gasteiger partial charge in [0.15, 0.2) is 0 Å². The number of rotatable bonds is 6. The van der Waals surface area contributed by atoms with Gasteiger partial charge in [-0.15, -0.1) is 0 Å². The molecule has 2 aromatic rings. The van der Waals surface area contributed by atoms with E-state index in [1.54, 1.807) is 18.3 Å². The van der Waals surface area contributed by atoms with Gasteiger partial charge in [-0.25, -0.2) is 9.78 Å². The number of carboxylic acid groups (broad SMARTS) is 1.